The van der Waals surface area contributed by atoms with Gasteiger partial charge in [0, 0.05) is 11.8 Å². The van der Waals surface area contributed by atoms with Gasteiger partial charge in [0.1, 0.15) is 11.5 Å². The van der Waals surface area contributed by atoms with E-state index in [1.54, 1.807) is 0 Å². The molecule has 0 spiro atoms. The van der Waals surface area contributed by atoms with E-state index in [1.165, 1.54) is 0 Å². The lowest BCUT2D eigenvalue weighted by molar-refractivity contribution is 0.301. The van der Waals surface area contributed by atoms with Crippen molar-refractivity contribution in [3.8, 4) is 11.5 Å². The first-order valence-electron chi connectivity index (χ1n) is 5.98. The van der Waals surface area contributed by atoms with Gasteiger partial charge in [-0.25, -0.2) is 0 Å². The summed E-state index contributed by atoms with van der Waals surface area (Å²) in [6.45, 7) is 3.34. The first kappa shape index (κ1) is 14.2. The average Bonchev–Trinajstić information content (AvgIpc) is 2.36. The maximum Gasteiger partial charge on any atom is 0.119 e. The Morgan fingerprint density at radius 1 is 1.18 bits per heavy atom. The highest BCUT2D eigenvalue weighted by Crippen LogP contribution is 2.17. The molecule has 0 saturated carbocycles. The van der Waals surface area contributed by atoms with Crippen LogP contribution in [0.2, 0.25) is 0 Å². The van der Waals surface area contributed by atoms with Crippen LogP contribution in [-0.2, 0) is 0 Å². The van der Waals surface area contributed by atoms with E-state index in [-0.39, 0.29) is 6.04 Å². The van der Waals surface area contributed by atoms with Crippen molar-refractivity contribution in [1.29, 1.82) is 0 Å². The second-order valence-corrected chi connectivity index (χ2v) is 4.20. The Bertz CT molecular complexity index is 303. The molecule has 4 heteroatoms. The zero-order valence-corrected chi connectivity index (χ0v) is 11.2. The number of hydrogen-bond donors (Lipinski definition) is 2. The highest BCUT2D eigenvalue weighted by Gasteiger charge is 2.00. The van der Waals surface area contributed by atoms with E-state index in [9.17, 15) is 0 Å². The summed E-state index contributed by atoms with van der Waals surface area (Å²) >= 11 is 4.14. The van der Waals surface area contributed by atoms with E-state index >= 15 is 0 Å². The van der Waals surface area contributed by atoms with Crippen LogP contribution in [0.15, 0.2) is 24.3 Å². The Hall–Kier alpha value is -0.870. The monoisotopic (exact) mass is 255 g/mol. The molecule has 0 aliphatic rings. The molecule has 0 aliphatic heterocycles. The summed E-state index contributed by atoms with van der Waals surface area (Å²) in [6.07, 6.45) is 1.90. The van der Waals surface area contributed by atoms with Crippen molar-refractivity contribution in [2.75, 3.05) is 19.0 Å². The second kappa shape index (κ2) is 8.25. The predicted octanol–water partition coefficient (Wildman–Crippen LogP) is 2.50. The lowest BCUT2D eigenvalue weighted by atomic mass is 10.2. The lowest BCUT2D eigenvalue weighted by Gasteiger charge is -2.10. The highest BCUT2D eigenvalue weighted by molar-refractivity contribution is 7.80. The molecule has 0 amide bonds. The topological polar surface area (TPSA) is 44.5 Å². The zero-order valence-electron chi connectivity index (χ0n) is 10.3. The van der Waals surface area contributed by atoms with Gasteiger partial charge in [-0.3, -0.25) is 0 Å². The Kier molecular flexibility index (Phi) is 6.89. The fourth-order valence-corrected chi connectivity index (χ4v) is 1.61. The molecule has 0 radical (unpaired) electrons. The molecule has 1 aromatic carbocycles. The van der Waals surface area contributed by atoms with Crippen molar-refractivity contribution in [2.45, 2.75) is 25.8 Å². The van der Waals surface area contributed by atoms with E-state index in [1.807, 2.05) is 31.2 Å². The van der Waals surface area contributed by atoms with E-state index < -0.39 is 0 Å². The van der Waals surface area contributed by atoms with E-state index in [2.05, 4.69) is 12.6 Å². The first-order valence-corrected chi connectivity index (χ1v) is 6.61. The van der Waals surface area contributed by atoms with Crippen LogP contribution in [-0.4, -0.2) is 25.0 Å². The van der Waals surface area contributed by atoms with E-state index in [0.29, 0.717) is 13.2 Å². The van der Waals surface area contributed by atoms with Crippen molar-refractivity contribution in [1.82, 2.24) is 0 Å². The van der Waals surface area contributed by atoms with Crippen molar-refractivity contribution < 1.29 is 9.47 Å². The molecule has 3 nitrogen and oxygen atoms in total. The average molecular weight is 255 g/mol. The molecule has 2 N–H and O–H groups in total. The molecule has 1 atom stereocenters. The van der Waals surface area contributed by atoms with Gasteiger partial charge in [-0.05, 0) is 44.0 Å². The summed E-state index contributed by atoms with van der Waals surface area (Å²) < 4.78 is 10.9. The normalized spacial score (nSPS) is 12.2. The molecular formula is C13H21NO2S. The minimum Gasteiger partial charge on any atom is -0.494 e. The minimum atomic E-state index is 0.169. The molecule has 0 heterocycles. The number of ether oxygens (including phenoxy) is 2. The van der Waals surface area contributed by atoms with E-state index in [0.717, 1.165) is 30.1 Å². The van der Waals surface area contributed by atoms with E-state index in [4.69, 9.17) is 15.2 Å². The lowest BCUT2D eigenvalue weighted by Crippen LogP contribution is -2.22. The van der Waals surface area contributed by atoms with Crippen molar-refractivity contribution in [3.63, 3.8) is 0 Å². The van der Waals surface area contributed by atoms with Crippen LogP contribution in [0.25, 0.3) is 0 Å². The van der Waals surface area contributed by atoms with Gasteiger partial charge < -0.3 is 15.2 Å². The van der Waals surface area contributed by atoms with Crippen molar-refractivity contribution in [2.24, 2.45) is 5.73 Å². The summed E-state index contributed by atoms with van der Waals surface area (Å²) in [5.74, 6) is 2.47. The standard InChI is InChI=1S/C13H21NO2S/c1-2-15-12-5-7-13(8-6-12)16-9-3-4-11(14)10-17/h5-8,11,17H,2-4,9-10,14H2,1H3. The molecule has 0 fully saturated rings. The number of nitrogens with two attached hydrogens (primary N) is 1. The molecule has 0 aromatic heterocycles. The maximum absolute atomic E-state index is 5.76. The Labute approximate surface area is 109 Å². The van der Waals surface area contributed by atoms with Gasteiger partial charge in [0.25, 0.3) is 0 Å². The quantitative estimate of drug-likeness (QED) is 0.554. The molecular weight excluding hydrogens is 234 g/mol. The summed E-state index contributed by atoms with van der Waals surface area (Å²) in [6, 6.07) is 7.84. The Balaban J connectivity index is 2.23. The fraction of sp³-hybridized carbons (Fsp3) is 0.538. The molecule has 0 aliphatic carbocycles. The molecule has 17 heavy (non-hydrogen) atoms. The first-order chi connectivity index (χ1) is 8.26. The SMILES string of the molecule is CCOc1ccc(OCCCC(N)CS)cc1. The van der Waals surface area contributed by atoms with Crippen LogP contribution in [0.4, 0.5) is 0 Å². The molecule has 1 rings (SSSR count). The van der Waals surface area contributed by atoms with Crippen LogP contribution < -0.4 is 15.2 Å². The Morgan fingerprint density at radius 2 is 1.76 bits per heavy atom. The number of thiol groups is 1. The highest BCUT2D eigenvalue weighted by atomic mass is 32.1. The van der Waals surface area contributed by atoms with Crippen molar-refractivity contribution >= 4 is 12.6 Å². The third-order valence-corrected chi connectivity index (χ3v) is 2.83. The predicted molar refractivity (Wildman–Crippen MR) is 74.2 cm³/mol. The van der Waals surface area contributed by atoms with Crippen molar-refractivity contribution in [3.05, 3.63) is 24.3 Å². The van der Waals surface area contributed by atoms with Crippen LogP contribution in [0.3, 0.4) is 0 Å². The van der Waals surface area contributed by atoms with Gasteiger partial charge in [-0.15, -0.1) is 0 Å². The fourth-order valence-electron chi connectivity index (χ4n) is 1.43. The number of rotatable bonds is 8. The van der Waals surface area contributed by atoms with Crippen LogP contribution in [0, 0.1) is 0 Å². The van der Waals surface area contributed by atoms with Gasteiger partial charge in [0.15, 0.2) is 0 Å². The van der Waals surface area contributed by atoms with Gasteiger partial charge in [-0.1, -0.05) is 0 Å². The largest absolute Gasteiger partial charge is 0.494 e. The smallest absolute Gasteiger partial charge is 0.119 e. The molecule has 1 unspecified atom stereocenters. The van der Waals surface area contributed by atoms with Crippen LogP contribution in [0.5, 0.6) is 11.5 Å². The molecule has 1 aromatic rings. The Morgan fingerprint density at radius 3 is 2.29 bits per heavy atom. The zero-order chi connectivity index (χ0) is 12.5. The van der Waals surface area contributed by atoms with Gasteiger partial charge >= 0.3 is 0 Å². The maximum atomic E-state index is 5.76. The third kappa shape index (κ3) is 5.84. The van der Waals surface area contributed by atoms with Crippen LogP contribution in [0.1, 0.15) is 19.8 Å². The van der Waals surface area contributed by atoms with Crippen LogP contribution >= 0.6 is 12.6 Å². The third-order valence-electron chi connectivity index (χ3n) is 2.36. The molecule has 0 bridgehead atoms. The molecule has 96 valence electrons. The molecule has 0 saturated heterocycles. The van der Waals surface area contributed by atoms with Gasteiger partial charge in [0.2, 0.25) is 0 Å². The second-order valence-electron chi connectivity index (χ2n) is 3.84. The summed E-state index contributed by atoms with van der Waals surface area (Å²) in [7, 11) is 0. The summed E-state index contributed by atoms with van der Waals surface area (Å²) in [5.41, 5.74) is 5.76. The minimum absolute atomic E-state index is 0.169. The summed E-state index contributed by atoms with van der Waals surface area (Å²) in [5, 5.41) is 0. The van der Waals surface area contributed by atoms with Gasteiger partial charge in [-0.2, -0.15) is 12.6 Å². The number of hydrogen-bond acceptors (Lipinski definition) is 4. The summed E-state index contributed by atoms with van der Waals surface area (Å²) in [4.78, 5) is 0. The number of benzene rings is 1. The van der Waals surface area contributed by atoms with Gasteiger partial charge in [0.05, 0.1) is 13.2 Å².